The molecule has 0 spiro atoms. The van der Waals surface area contributed by atoms with Crippen LogP contribution in [0.1, 0.15) is 15.9 Å². The smallest absolute Gasteiger partial charge is 0.257 e. The predicted molar refractivity (Wildman–Crippen MR) is 83.8 cm³/mol. The summed E-state index contributed by atoms with van der Waals surface area (Å²) in [6, 6.07) is 12.9. The minimum atomic E-state index is -1.13. The van der Waals surface area contributed by atoms with Gasteiger partial charge in [-0.05, 0) is 17.7 Å². The molecule has 2 rings (SSSR count). The Morgan fingerprint density at radius 2 is 1.73 bits per heavy atom. The van der Waals surface area contributed by atoms with Crippen molar-refractivity contribution in [2.75, 3.05) is 13.1 Å². The lowest BCUT2D eigenvalue weighted by Gasteiger charge is -2.22. The minimum absolute atomic E-state index is 0. The normalized spacial score (nSPS) is 9.95. The van der Waals surface area contributed by atoms with Gasteiger partial charge in [-0.25, -0.2) is 8.78 Å². The fourth-order valence-corrected chi connectivity index (χ4v) is 2.05. The van der Waals surface area contributed by atoms with Crippen molar-refractivity contribution in [1.29, 1.82) is 0 Å². The second kappa shape index (κ2) is 8.46. The molecule has 0 saturated heterocycles. The topological polar surface area (TPSA) is 46.3 Å². The first-order valence-electron chi connectivity index (χ1n) is 6.60. The van der Waals surface area contributed by atoms with Crippen LogP contribution >= 0.6 is 12.4 Å². The number of carbonyl (C=O) groups excluding carboxylic acids is 1. The summed E-state index contributed by atoms with van der Waals surface area (Å²) in [6.45, 7) is 0.812. The molecule has 3 nitrogen and oxygen atoms in total. The molecule has 6 heteroatoms. The molecule has 0 fully saturated rings. The van der Waals surface area contributed by atoms with Crippen LogP contribution in [0.15, 0.2) is 48.5 Å². The van der Waals surface area contributed by atoms with Crippen molar-refractivity contribution in [3.63, 3.8) is 0 Å². The van der Waals surface area contributed by atoms with Gasteiger partial charge in [0.25, 0.3) is 5.91 Å². The van der Waals surface area contributed by atoms with Crippen LogP contribution in [0.3, 0.4) is 0 Å². The Labute approximate surface area is 134 Å². The van der Waals surface area contributed by atoms with Gasteiger partial charge in [-0.15, -0.1) is 12.4 Å². The Morgan fingerprint density at radius 1 is 1.05 bits per heavy atom. The molecule has 2 aromatic carbocycles. The van der Waals surface area contributed by atoms with Gasteiger partial charge in [0.15, 0.2) is 11.6 Å². The van der Waals surface area contributed by atoms with Crippen LogP contribution in [0.5, 0.6) is 0 Å². The van der Waals surface area contributed by atoms with Gasteiger partial charge in [0.1, 0.15) is 0 Å². The summed E-state index contributed by atoms with van der Waals surface area (Å²) >= 11 is 0. The van der Waals surface area contributed by atoms with Gasteiger partial charge >= 0.3 is 0 Å². The Morgan fingerprint density at radius 3 is 2.36 bits per heavy atom. The number of nitrogens with two attached hydrogens (primary N) is 1. The van der Waals surface area contributed by atoms with Gasteiger partial charge < -0.3 is 10.6 Å². The maximum absolute atomic E-state index is 13.7. The molecule has 0 aromatic heterocycles. The lowest BCUT2D eigenvalue weighted by Crippen LogP contribution is -2.35. The van der Waals surface area contributed by atoms with Gasteiger partial charge in [-0.3, -0.25) is 4.79 Å². The van der Waals surface area contributed by atoms with Crippen LogP contribution in [0.25, 0.3) is 0 Å². The van der Waals surface area contributed by atoms with E-state index in [9.17, 15) is 13.6 Å². The van der Waals surface area contributed by atoms with Crippen LogP contribution in [0, 0.1) is 11.6 Å². The number of hydrogen-bond acceptors (Lipinski definition) is 2. The number of hydrogen-bond donors (Lipinski definition) is 1. The zero-order valence-corrected chi connectivity index (χ0v) is 12.7. The quantitative estimate of drug-likeness (QED) is 0.918. The second-order valence-corrected chi connectivity index (χ2v) is 4.60. The highest BCUT2D eigenvalue weighted by atomic mass is 35.5. The number of carbonyl (C=O) groups is 1. The Kier molecular flexibility index (Phi) is 6.95. The molecule has 0 saturated carbocycles. The summed E-state index contributed by atoms with van der Waals surface area (Å²) in [6.07, 6.45) is 0. The highest BCUT2D eigenvalue weighted by Crippen LogP contribution is 2.15. The van der Waals surface area contributed by atoms with E-state index in [0.29, 0.717) is 6.54 Å². The summed E-state index contributed by atoms with van der Waals surface area (Å²) < 4.78 is 27.0. The molecule has 0 unspecified atom stereocenters. The van der Waals surface area contributed by atoms with Crippen LogP contribution in [0.4, 0.5) is 8.78 Å². The minimum Gasteiger partial charge on any atom is -0.333 e. The predicted octanol–water partition coefficient (Wildman–Crippen LogP) is 2.99. The van der Waals surface area contributed by atoms with E-state index in [1.807, 2.05) is 30.3 Å². The van der Waals surface area contributed by atoms with Crippen molar-refractivity contribution in [2.24, 2.45) is 5.73 Å². The van der Waals surface area contributed by atoms with Crippen molar-refractivity contribution >= 4 is 18.3 Å². The first-order valence-corrected chi connectivity index (χ1v) is 6.60. The molecule has 0 heterocycles. The maximum Gasteiger partial charge on any atom is 0.257 e. The van der Waals surface area contributed by atoms with Gasteiger partial charge in [0, 0.05) is 19.6 Å². The van der Waals surface area contributed by atoms with E-state index >= 15 is 0 Å². The van der Waals surface area contributed by atoms with Gasteiger partial charge in [0.2, 0.25) is 0 Å². The summed E-state index contributed by atoms with van der Waals surface area (Å²) in [4.78, 5) is 13.8. The fourth-order valence-electron chi connectivity index (χ4n) is 2.05. The lowest BCUT2D eigenvalue weighted by atomic mass is 10.1. The highest BCUT2D eigenvalue weighted by Gasteiger charge is 2.20. The van der Waals surface area contributed by atoms with E-state index in [1.165, 1.54) is 17.0 Å². The monoisotopic (exact) mass is 326 g/mol. The fraction of sp³-hybridized carbons (Fsp3) is 0.188. The molecule has 22 heavy (non-hydrogen) atoms. The third-order valence-electron chi connectivity index (χ3n) is 3.08. The van der Waals surface area contributed by atoms with Crippen LogP contribution < -0.4 is 5.73 Å². The van der Waals surface area contributed by atoms with E-state index in [2.05, 4.69) is 0 Å². The molecule has 0 aliphatic heterocycles. The van der Waals surface area contributed by atoms with E-state index < -0.39 is 17.5 Å². The second-order valence-electron chi connectivity index (χ2n) is 4.60. The Bertz CT molecular complexity index is 623. The molecule has 118 valence electrons. The Balaban J connectivity index is 0.00000242. The molecule has 1 amide bonds. The van der Waals surface area contributed by atoms with Crippen molar-refractivity contribution in [2.45, 2.75) is 6.54 Å². The number of halogens is 3. The largest absolute Gasteiger partial charge is 0.333 e. The third-order valence-corrected chi connectivity index (χ3v) is 3.08. The standard InChI is InChI=1S/C16H16F2N2O.ClH/c17-14-8-4-7-13(15(14)18)16(21)20(10-9-19)11-12-5-2-1-3-6-12;/h1-8H,9-11,19H2;1H. The molecule has 0 atom stereocenters. The molecule has 0 radical (unpaired) electrons. The lowest BCUT2D eigenvalue weighted by molar-refractivity contribution is 0.0742. The van der Waals surface area contributed by atoms with Crippen LogP contribution in [-0.2, 0) is 6.54 Å². The molecule has 0 aliphatic rings. The van der Waals surface area contributed by atoms with E-state index in [0.717, 1.165) is 11.6 Å². The Hall–Kier alpha value is -1.98. The molecule has 2 aromatic rings. The van der Waals surface area contributed by atoms with Gasteiger partial charge in [-0.2, -0.15) is 0 Å². The zero-order valence-electron chi connectivity index (χ0n) is 11.8. The highest BCUT2D eigenvalue weighted by molar-refractivity contribution is 5.94. The number of nitrogens with zero attached hydrogens (tertiary/aromatic N) is 1. The van der Waals surface area contributed by atoms with Crippen molar-refractivity contribution < 1.29 is 13.6 Å². The summed E-state index contributed by atoms with van der Waals surface area (Å²) in [5, 5.41) is 0. The van der Waals surface area contributed by atoms with Gasteiger partial charge in [-0.1, -0.05) is 36.4 Å². The first-order chi connectivity index (χ1) is 10.1. The molecule has 0 bridgehead atoms. The van der Waals surface area contributed by atoms with Crippen molar-refractivity contribution in [3.05, 3.63) is 71.3 Å². The zero-order chi connectivity index (χ0) is 15.2. The number of benzene rings is 2. The van der Waals surface area contributed by atoms with Crippen molar-refractivity contribution in [3.8, 4) is 0 Å². The maximum atomic E-state index is 13.7. The number of amides is 1. The van der Waals surface area contributed by atoms with E-state index in [4.69, 9.17) is 5.73 Å². The average molecular weight is 327 g/mol. The van der Waals surface area contributed by atoms with Crippen LogP contribution in [-0.4, -0.2) is 23.9 Å². The summed E-state index contributed by atoms with van der Waals surface area (Å²) in [5.74, 6) is -2.73. The van der Waals surface area contributed by atoms with E-state index in [1.54, 1.807) is 0 Å². The van der Waals surface area contributed by atoms with Crippen molar-refractivity contribution in [1.82, 2.24) is 4.90 Å². The third kappa shape index (κ3) is 4.26. The molecular formula is C16H17ClF2N2O. The molecule has 2 N–H and O–H groups in total. The summed E-state index contributed by atoms with van der Waals surface area (Å²) in [7, 11) is 0. The average Bonchev–Trinajstić information content (AvgIpc) is 2.50. The molecule has 0 aliphatic carbocycles. The van der Waals surface area contributed by atoms with Gasteiger partial charge in [0.05, 0.1) is 5.56 Å². The molecular weight excluding hydrogens is 310 g/mol. The SMILES string of the molecule is Cl.NCCN(Cc1ccccc1)C(=O)c1cccc(F)c1F. The van der Waals surface area contributed by atoms with E-state index in [-0.39, 0.29) is 31.1 Å². The summed E-state index contributed by atoms with van der Waals surface area (Å²) in [5.41, 5.74) is 6.13. The van der Waals surface area contributed by atoms with Crippen LogP contribution in [0.2, 0.25) is 0 Å². The number of rotatable bonds is 5. The first kappa shape index (κ1) is 18.1.